The summed E-state index contributed by atoms with van der Waals surface area (Å²) in [4.78, 5) is 26.1. The Hall–Kier alpha value is -2.70. The molecule has 2 aromatic rings. The third-order valence-corrected chi connectivity index (χ3v) is 5.46. The van der Waals surface area contributed by atoms with Gasteiger partial charge < -0.3 is 5.32 Å². The van der Waals surface area contributed by atoms with Gasteiger partial charge in [-0.25, -0.2) is 5.48 Å². The van der Waals surface area contributed by atoms with Gasteiger partial charge in [0.1, 0.15) is 0 Å². The van der Waals surface area contributed by atoms with E-state index in [9.17, 15) is 9.59 Å². The van der Waals surface area contributed by atoms with Crippen LogP contribution in [0.3, 0.4) is 0 Å². The summed E-state index contributed by atoms with van der Waals surface area (Å²) in [5.74, 6) is -0.00829. The molecule has 0 saturated carbocycles. The van der Waals surface area contributed by atoms with Crippen LogP contribution in [0.25, 0.3) is 0 Å². The van der Waals surface area contributed by atoms with Gasteiger partial charge in [0.05, 0.1) is 0 Å². The first-order valence-corrected chi connectivity index (χ1v) is 10.2. The zero-order chi connectivity index (χ0) is 20.5. The summed E-state index contributed by atoms with van der Waals surface area (Å²) in [5, 5.41) is 11.6. The van der Waals surface area contributed by atoms with Gasteiger partial charge in [0.25, 0.3) is 5.91 Å². The van der Waals surface area contributed by atoms with E-state index in [1.807, 2.05) is 24.3 Å². The molecular weight excluding hydrogens is 366 g/mol. The number of aryl methyl sites for hydroxylation is 1. The molecule has 0 aliphatic carbocycles. The molecule has 6 nitrogen and oxygen atoms in total. The van der Waals surface area contributed by atoms with E-state index in [1.165, 1.54) is 5.56 Å². The van der Waals surface area contributed by atoms with Crippen LogP contribution in [0.15, 0.2) is 54.6 Å². The van der Waals surface area contributed by atoms with Crippen LogP contribution >= 0.6 is 0 Å². The number of nitrogens with zero attached hydrogens (tertiary/aromatic N) is 1. The van der Waals surface area contributed by atoms with E-state index in [0.717, 1.165) is 38.0 Å². The maximum Gasteiger partial charge on any atom is 0.251 e. The van der Waals surface area contributed by atoms with Crippen LogP contribution in [-0.2, 0) is 17.8 Å². The monoisotopic (exact) mass is 395 g/mol. The van der Waals surface area contributed by atoms with Gasteiger partial charge in [-0.1, -0.05) is 42.5 Å². The molecule has 1 saturated heterocycles. The van der Waals surface area contributed by atoms with E-state index >= 15 is 0 Å². The molecule has 1 fully saturated rings. The van der Waals surface area contributed by atoms with Crippen LogP contribution in [0.5, 0.6) is 0 Å². The second kappa shape index (κ2) is 10.7. The highest BCUT2D eigenvalue weighted by molar-refractivity contribution is 5.94. The van der Waals surface area contributed by atoms with Gasteiger partial charge in [0.15, 0.2) is 0 Å². The van der Waals surface area contributed by atoms with Gasteiger partial charge in [-0.3, -0.25) is 19.7 Å². The minimum atomic E-state index is -0.432. The van der Waals surface area contributed by atoms with E-state index in [-0.39, 0.29) is 12.3 Å². The lowest BCUT2D eigenvalue weighted by molar-refractivity contribution is -0.129. The van der Waals surface area contributed by atoms with Crippen molar-refractivity contribution >= 4 is 11.8 Å². The Labute approximate surface area is 171 Å². The Morgan fingerprint density at radius 1 is 1.00 bits per heavy atom. The fourth-order valence-electron chi connectivity index (χ4n) is 3.71. The highest BCUT2D eigenvalue weighted by atomic mass is 16.5. The van der Waals surface area contributed by atoms with E-state index in [1.54, 1.807) is 11.5 Å². The Morgan fingerprint density at radius 2 is 1.72 bits per heavy atom. The lowest BCUT2D eigenvalue weighted by Crippen LogP contribution is -2.38. The smallest absolute Gasteiger partial charge is 0.251 e. The van der Waals surface area contributed by atoms with Gasteiger partial charge in [-0.05, 0) is 61.5 Å². The molecular formula is C23H29N3O3. The minimum absolute atomic E-state index is 0.0785. The first kappa shape index (κ1) is 21.0. The normalized spacial score (nSPS) is 15.1. The summed E-state index contributed by atoms with van der Waals surface area (Å²) < 4.78 is 0. The molecule has 3 rings (SSSR count). The molecule has 0 bridgehead atoms. The summed E-state index contributed by atoms with van der Waals surface area (Å²) in [6, 6.07) is 17.8. The van der Waals surface area contributed by atoms with Crippen LogP contribution < -0.4 is 10.8 Å². The van der Waals surface area contributed by atoms with E-state index in [2.05, 4.69) is 34.5 Å². The third-order valence-electron chi connectivity index (χ3n) is 5.46. The quantitative estimate of drug-likeness (QED) is 0.474. The predicted molar refractivity (Wildman–Crippen MR) is 111 cm³/mol. The number of hydroxylamine groups is 1. The number of carbonyl (C=O) groups is 2. The van der Waals surface area contributed by atoms with Gasteiger partial charge in [0, 0.05) is 25.1 Å². The highest BCUT2D eigenvalue weighted by Crippen LogP contribution is 2.18. The third kappa shape index (κ3) is 6.69. The largest absolute Gasteiger partial charge is 0.352 e. The molecule has 1 heterocycles. The molecule has 0 atom stereocenters. The van der Waals surface area contributed by atoms with Crippen molar-refractivity contribution in [1.29, 1.82) is 0 Å². The molecule has 6 heteroatoms. The van der Waals surface area contributed by atoms with Crippen LogP contribution in [0.1, 0.15) is 40.7 Å². The van der Waals surface area contributed by atoms with Crippen molar-refractivity contribution in [2.75, 3.05) is 19.6 Å². The summed E-state index contributed by atoms with van der Waals surface area (Å²) in [7, 11) is 0. The fourth-order valence-corrected chi connectivity index (χ4v) is 3.71. The van der Waals surface area contributed by atoms with Crippen molar-refractivity contribution in [3.05, 3.63) is 71.3 Å². The van der Waals surface area contributed by atoms with Crippen LogP contribution in [0.2, 0.25) is 0 Å². The van der Waals surface area contributed by atoms with Gasteiger partial charge in [0.2, 0.25) is 5.91 Å². The molecule has 154 valence electrons. The van der Waals surface area contributed by atoms with Crippen LogP contribution in [0.4, 0.5) is 0 Å². The number of likely N-dealkylation sites (tertiary alicyclic amines) is 1. The van der Waals surface area contributed by atoms with Gasteiger partial charge in [-0.15, -0.1) is 0 Å². The number of amides is 2. The van der Waals surface area contributed by atoms with E-state index in [4.69, 9.17) is 5.21 Å². The first-order valence-electron chi connectivity index (χ1n) is 10.2. The van der Waals surface area contributed by atoms with Crippen molar-refractivity contribution in [3.8, 4) is 0 Å². The zero-order valence-electron chi connectivity index (χ0n) is 16.6. The van der Waals surface area contributed by atoms with E-state index < -0.39 is 5.91 Å². The topological polar surface area (TPSA) is 81.7 Å². The minimum Gasteiger partial charge on any atom is -0.352 e. The molecule has 3 N–H and O–H groups in total. The predicted octanol–water partition coefficient (Wildman–Crippen LogP) is 2.77. The maximum absolute atomic E-state index is 12.5. The Kier molecular flexibility index (Phi) is 7.78. The Bertz CT molecular complexity index is 802. The number of hydrogen-bond acceptors (Lipinski definition) is 4. The molecule has 0 radical (unpaired) electrons. The van der Waals surface area contributed by atoms with Crippen molar-refractivity contribution in [3.63, 3.8) is 0 Å². The average molecular weight is 396 g/mol. The van der Waals surface area contributed by atoms with Crippen molar-refractivity contribution in [2.45, 2.75) is 32.2 Å². The van der Waals surface area contributed by atoms with Crippen molar-refractivity contribution < 1.29 is 14.8 Å². The summed E-state index contributed by atoms with van der Waals surface area (Å²) in [6.07, 6.45) is 2.84. The first-order chi connectivity index (χ1) is 14.1. The maximum atomic E-state index is 12.5. The summed E-state index contributed by atoms with van der Waals surface area (Å²) in [5.41, 5.74) is 4.47. The van der Waals surface area contributed by atoms with Gasteiger partial charge >= 0.3 is 0 Å². The Morgan fingerprint density at radius 3 is 2.45 bits per heavy atom. The summed E-state index contributed by atoms with van der Waals surface area (Å²) >= 11 is 0. The number of benzene rings is 2. The number of rotatable bonds is 8. The second-order valence-corrected chi connectivity index (χ2v) is 7.65. The molecule has 0 spiro atoms. The molecule has 0 aromatic heterocycles. The number of hydrogen-bond donors (Lipinski definition) is 3. The highest BCUT2D eigenvalue weighted by Gasteiger charge is 2.20. The SMILES string of the molecule is O=C(CCc1cccc(C(=O)NCC2CCN(Cc3ccccc3)CC2)c1)NO. The number of piperidine rings is 1. The van der Waals surface area contributed by atoms with Crippen molar-refractivity contribution in [2.24, 2.45) is 5.92 Å². The molecule has 1 aliphatic heterocycles. The van der Waals surface area contributed by atoms with Crippen LogP contribution in [-0.4, -0.2) is 41.6 Å². The van der Waals surface area contributed by atoms with Gasteiger partial charge in [-0.2, -0.15) is 0 Å². The molecule has 2 aromatic carbocycles. The number of nitrogens with one attached hydrogen (secondary N) is 2. The van der Waals surface area contributed by atoms with Crippen LogP contribution in [0, 0.1) is 5.92 Å². The molecule has 0 unspecified atom stereocenters. The van der Waals surface area contributed by atoms with Crippen molar-refractivity contribution in [1.82, 2.24) is 15.7 Å². The lowest BCUT2D eigenvalue weighted by Gasteiger charge is -2.32. The molecule has 2 amide bonds. The summed E-state index contributed by atoms with van der Waals surface area (Å²) in [6.45, 7) is 3.78. The standard InChI is InChI=1S/C23H29N3O3/c27-22(25-29)10-9-18-7-4-8-21(15-18)23(28)24-16-19-11-13-26(14-12-19)17-20-5-2-1-3-6-20/h1-8,15,19,29H,9-14,16-17H2,(H,24,28)(H,25,27). The lowest BCUT2D eigenvalue weighted by atomic mass is 9.96. The van der Waals surface area contributed by atoms with E-state index in [0.29, 0.717) is 24.4 Å². The number of carbonyl (C=O) groups excluding carboxylic acids is 2. The Balaban J connectivity index is 1.41. The average Bonchev–Trinajstić information content (AvgIpc) is 2.77. The zero-order valence-corrected chi connectivity index (χ0v) is 16.6. The second-order valence-electron chi connectivity index (χ2n) is 7.65. The molecule has 29 heavy (non-hydrogen) atoms. The fraction of sp³-hybridized carbons (Fsp3) is 0.391. The molecule has 1 aliphatic rings.